The lowest BCUT2D eigenvalue weighted by atomic mass is 10.2. The van der Waals surface area contributed by atoms with Gasteiger partial charge in [0.1, 0.15) is 5.75 Å². The summed E-state index contributed by atoms with van der Waals surface area (Å²) in [6.07, 6.45) is -3.79. The highest BCUT2D eigenvalue weighted by Crippen LogP contribution is 2.19. The number of hydrogen-bond acceptors (Lipinski definition) is 5. The number of aromatic nitrogens is 2. The van der Waals surface area contributed by atoms with Crippen LogP contribution in [0.4, 0.5) is 13.2 Å². The zero-order chi connectivity index (χ0) is 21.3. The van der Waals surface area contributed by atoms with Gasteiger partial charge < -0.3 is 19.9 Å². The van der Waals surface area contributed by atoms with Gasteiger partial charge in [0.15, 0.2) is 18.4 Å². The molecule has 0 fully saturated rings. The first-order valence-corrected chi connectivity index (χ1v) is 9.40. The van der Waals surface area contributed by atoms with Crippen molar-refractivity contribution in [3.8, 4) is 5.75 Å². The zero-order valence-corrected chi connectivity index (χ0v) is 16.7. The quantitative estimate of drug-likeness (QED) is 0.484. The third-order valence-corrected chi connectivity index (χ3v) is 3.72. The van der Waals surface area contributed by atoms with E-state index in [-0.39, 0.29) is 11.7 Å². The van der Waals surface area contributed by atoms with Crippen LogP contribution in [-0.4, -0.2) is 42.0 Å². The summed E-state index contributed by atoms with van der Waals surface area (Å²) >= 11 is 0. The number of nitrogens with one attached hydrogen (secondary N) is 2. The molecule has 2 aromatic rings. The Kier molecular flexibility index (Phi) is 8.29. The highest BCUT2D eigenvalue weighted by Gasteiger charge is 2.28. The van der Waals surface area contributed by atoms with Gasteiger partial charge in [0, 0.05) is 25.4 Å². The highest BCUT2D eigenvalue weighted by atomic mass is 19.4. The molecular formula is C19H26F3N5O2. The maximum absolute atomic E-state index is 12.2. The molecule has 0 unspecified atom stereocenters. The van der Waals surface area contributed by atoms with Crippen LogP contribution in [0.15, 0.2) is 33.8 Å². The van der Waals surface area contributed by atoms with E-state index in [1.54, 1.807) is 12.1 Å². The first-order valence-electron chi connectivity index (χ1n) is 9.40. The van der Waals surface area contributed by atoms with Crippen LogP contribution in [0, 0.1) is 0 Å². The van der Waals surface area contributed by atoms with Crippen molar-refractivity contribution in [1.82, 2.24) is 20.8 Å². The van der Waals surface area contributed by atoms with Gasteiger partial charge in [-0.25, -0.2) is 4.99 Å². The number of rotatable bonds is 9. The van der Waals surface area contributed by atoms with Crippen molar-refractivity contribution in [2.75, 3.05) is 19.7 Å². The molecule has 2 rings (SSSR count). The molecule has 0 bridgehead atoms. The summed E-state index contributed by atoms with van der Waals surface area (Å²) in [7, 11) is 0. The van der Waals surface area contributed by atoms with Crippen molar-refractivity contribution in [1.29, 1.82) is 0 Å². The van der Waals surface area contributed by atoms with Gasteiger partial charge in [-0.2, -0.15) is 18.2 Å². The molecule has 0 atom stereocenters. The van der Waals surface area contributed by atoms with E-state index in [1.807, 2.05) is 20.8 Å². The number of hydrogen-bond donors (Lipinski definition) is 2. The van der Waals surface area contributed by atoms with Crippen molar-refractivity contribution >= 4 is 5.96 Å². The number of alkyl halides is 3. The zero-order valence-electron chi connectivity index (χ0n) is 16.7. The fraction of sp³-hybridized carbons (Fsp3) is 0.526. The van der Waals surface area contributed by atoms with E-state index in [4.69, 9.17) is 9.26 Å². The van der Waals surface area contributed by atoms with Crippen LogP contribution in [-0.2, 0) is 13.0 Å². The Morgan fingerprint density at radius 1 is 1.21 bits per heavy atom. The molecule has 7 nitrogen and oxygen atoms in total. The normalized spacial score (nSPS) is 12.3. The summed E-state index contributed by atoms with van der Waals surface area (Å²) in [5, 5.41) is 10.2. The molecule has 10 heteroatoms. The molecule has 0 aliphatic heterocycles. The summed E-state index contributed by atoms with van der Waals surface area (Å²) in [5.74, 6) is 2.24. The minimum atomic E-state index is -4.35. The molecule has 0 saturated heterocycles. The fourth-order valence-electron chi connectivity index (χ4n) is 2.26. The Labute approximate surface area is 167 Å². The second-order valence-corrected chi connectivity index (χ2v) is 6.62. The molecule has 2 N–H and O–H groups in total. The van der Waals surface area contributed by atoms with Crippen molar-refractivity contribution in [3.05, 3.63) is 41.5 Å². The summed E-state index contributed by atoms with van der Waals surface area (Å²) in [6, 6.07) is 6.37. The van der Waals surface area contributed by atoms with E-state index in [2.05, 4.69) is 25.8 Å². The molecular weight excluding hydrogens is 387 g/mol. The smallest absolute Gasteiger partial charge is 0.422 e. The van der Waals surface area contributed by atoms with Gasteiger partial charge in [-0.05, 0) is 24.6 Å². The number of nitrogens with zero attached hydrogens (tertiary/aromatic N) is 3. The van der Waals surface area contributed by atoms with E-state index >= 15 is 0 Å². The van der Waals surface area contributed by atoms with Crippen LogP contribution < -0.4 is 15.4 Å². The van der Waals surface area contributed by atoms with E-state index in [0.717, 1.165) is 5.56 Å². The Bertz CT molecular complexity index is 773. The SMILES string of the molecule is CCNC(=NCc1ccc(OCC(F)(F)F)cc1)NCCc1nc(C(C)C)no1. The molecule has 0 saturated carbocycles. The number of guanidine groups is 1. The lowest BCUT2D eigenvalue weighted by Crippen LogP contribution is -2.38. The third kappa shape index (κ3) is 8.41. The van der Waals surface area contributed by atoms with Gasteiger partial charge in [0.05, 0.1) is 6.54 Å². The van der Waals surface area contributed by atoms with Crippen molar-refractivity contribution in [3.63, 3.8) is 0 Å². The molecule has 0 radical (unpaired) electrons. The first kappa shape index (κ1) is 22.5. The van der Waals surface area contributed by atoms with Gasteiger partial charge in [0.2, 0.25) is 5.89 Å². The highest BCUT2D eigenvalue weighted by molar-refractivity contribution is 5.79. The largest absolute Gasteiger partial charge is 0.484 e. The van der Waals surface area contributed by atoms with Crippen LogP contribution >= 0.6 is 0 Å². The maximum Gasteiger partial charge on any atom is 0.422 e. The predicted octanol–water partition coefficient (Wildman–Crippen LogP) is 3.43. The van der Waals surface area contributed by atoms with E-state index in [9.17, 15) is 13.2 Å². The fourth-order valence-corrected chi connectivity index (χ4v) is 2.26. The summed E-state index contributed by atoms with van der Waals surface area (Å²) in [5.41, 5.74) is 0.847. The van der Waals surface area contributed by atoms with Gasteiger partial charge in [0.25, 0.3) is 0 Å². The third-order valence-electron chi connectivity index (χ3n) is 3.72. The van der Waals surface area contributed by atoms with Crippen LogP contribution in [0.2, 0.25) is 0 Å². The Hall–Kier alpha value is -2.78. The number of aliphatic imine (C=N–C) groups is 1. The van der Waals surface area contributed by atoms with Crippen LogP contribution in [0.1, 0.15) is 44.0 Å². The average molecular weight is 413 g/mol. The monoisotopic (exact) mass is 413 g/mol. The number of ether oxygens (including phenoxy) is 1. The van der Waals surface area contributed by atoms with E-state index in [1.165, 1.54) is 12.1 Å². The molecule has 160 valence electrons. The van der Waals surface area contributed by atoms with Gasteiger partial charge >= 0.3 is 6.18 Å². The molecule has 0 amide bonds. The van der Waals surface area contributed by atoms with Crippen molar-refractivity contribution in [2.45, 2.75) is 45.8 Å². The van der Waals surface area contributed by atoms with Crippen molar-refractivity contribution in [2.24, 2.45) is 4.99 Å². The molecule has 0 aliphatic rings. The van der Waals surface area contributed by atoms with Gasteiger partial charge in [-0.3, -0.25) is 0 Å². The molecule has 1 aromatic heterocycles. The van der Waals surface area contributed by atoms with Gasteiger partial charge in [-0.15, -0.1) is 0 Å². The standard InChI is InChI=1S/C19H26F3N5O2/c1-4-23-18(24-10-9-16-26-17(13(2)3)27-29-16)25-11-14-5-7-15(8-6-14)28-12-19(20,21)22/h5-8,13H,4,9-12H2,1-3H3,(H2,23,24,25). The van der Waals surface area contributed by atoms with Gasteiger partial charge in [-0.1, -0.05) is 31.1 Å². The molecule has 0 spiro atoms. The van der Waals surface area contributed by atoms with Crippen LogP contribution in [0.25, 0.3) is 0 Å². The van der Waals surface area contributed by atoms with E-state index < -0.39 is 12.8 Å². The minimum absolute atomic E-state index is 0.167. The summed E-state index contributed by atoms with van der Waals surface area (Å²) in [4.78, 5) is 8.79. The Morgan fingerprint density at radius 2 is 1.93 bits per heavy atom. The average Bonchev–Trinajstić information content (AvgIpc) is 3.14. The van der Waals surface area contributed by atoms with Crippen molar-refractivity contribution < 1.29 is 22.4 Å². The number of benzene rings is 1. The van der Waals surface area contributed by atoms with Crippen LogP contribution in [0.5, 0.6) is 5.75 Å². The maximum atomic E-state index is 12.2. The molecule has 1 heterocycles. The summed E-state index contributed by atoms with van der Waals surface area (Å²) in [6.45, 7) is 6.26. The second-order valence-electron chi connectivity index (χ2n) is 6.62. The molecule has 0 aliphatic carbocycles. The second kappa shape index (κ2) is 10.7. The molecule has 29 heavy (non-hydrogen) atoms. The first-order chi connectivity index (χ1) is 13.8. The van der Waals surface area contributed by atoms with Crippen LogP contribution in [0.3, 0.4) is 0 Å². The molecule has 1 aromatic carbocycles. The Balaban J connectivity index is 1.84. The lowest BCUT2D eigenvalue weighted by Gasteiger charge is -2.11. The van der Waals surface area contributed by atoms with E-state index in [0.29, 0.717) is 43.7 Å². The predicted molar refractivity (Wildman–Crippen MR) is 103 cm³/mol. The number of halogens is 3. The summed E-state index contributed by atoms with van der Waals surface area (Å²) < 4.78 is 46.4. The Morgan fingerprint density at radius 3 is 2.52 bits per heavy atom. The lowest BCUT2D eigenvalue weighted by molar-refractivity contribution is -0.153. The topological polar surface area (TPSA) is 84.6 Å². The minimum Gasteiger partial charge on any atom is -0.484 e.